The van der Waals surface area contributed by atoms with Gasteiger partial charge in [-0.1, -0.05) is 48.5 Å². The third kappa shape index (κ3) is 5.29. The molecule has 0 spiro atoms. The minimum absolute atomic E-state index is 0.0641. The van der Waals surface area contributed by atoms with Crippen molar-refractivity contribution in [3.8, 4) is 0 Å². The molecule has 3 rings (SSSR count). The smallest absolute Gasteiger partial charge is 0.330 e. The summed E-state index contributed by atoms with van der Waals surface area (Å²) in [5, 5.41) is 0. The van der Waals surface area contributed by atoms with E-state index >= 15 is 0 Å². The molecule has 0 aliphatic rings. The summed E-state index contributed by atoms with van der Waals surface area (Å²) in [7, 11) is 1.35. The normalized spacial score (nSPS) is 12.0. The summed E-state index contributed by atoms with van der Waals surface area (Å²) in [4.78, 5) is 28.6. The van der Waals surface area contributed by atoms with E-state index in [0.29, 0.717) is 12.0 Å². The van der Waals surface area contributed by atoms with Crippen LogP contribution in [0.3, 0.4) is 0 Å². The van der Waals surface area contributed by atoms with Gasteiger partial charge in [0.15, 0.2) is 5.78 Å². The number of esters is 1. The number of benzene rings is 2. The molecule has 0 radical (unpaired) electrons. The highest BCUT2D eigenvalue weighted by Crippen LogP contribution is 2.32. The van der Waals surface area contributed by atoms with Crippen molar-refractivity contribution in [1.82, 2.24) is 4.98 Å². The second-order valence-corrected chi connectivity index (χ2v) is 7.25. The Balaban J connectivity index is 1.92. The highest BCUT2D eigenvalue weighted by atomic mass is 16.5. The number of hydrogen-bond acceptors (Lipinski definition) is 4. The van der Waals surface area contributed by atoms with Crippen LogP contribution in [0.4, 0.5) is 0 Å². The average molecular weight is 399 g/mol. The first-order valence-corrected chi connectivity index (χ1v) is 9.85. The van der Waals surface area contributed by atoms with E-state index < -0.39 is 5.97 Å². The molecule has 0 bridgehead atoms. The fourth-order valence-corrected chi connectivity index (χ4v) is 3.48. The monoisotopic (exact) mass is 399 g/mol. The van der Waals surface area contributed by atoms with Crippen molar-refractivity contribution < 1.29 is 14.3 Å². The third-order valence-electron chi connectivity index (χ3n) is 5.12. The number of hydrogen-bond donors (Lipinski definition) is 0. The first-order valence-electron chi connectivity index (χ1n) is 9.85. The van der Waals surface area contributed by atoms with E-state index in [-0.39, 0.29) is 11.7 Å². The molecule has 1 atom stereocenters. The highest BCUT2D eigenvalue weighted by Gasteiger charge is 2.21. The van der Waals surface area contributed by atoms with Crippen LogP contribution in [0.1, 0.15) is 50.6 Å². The molecule has 152 valence electrons. The zero-order chi connectivity index (χ0) is 21.5. The van der Waals surface area contributed by atoms with Crippen molar-refractivity contribution in [2.24, 2.45) is 0 Å². The molecule has 0 saturated heterocycles. The maximum atomic E-state index is 13.1. The zero-order valence-electron chi connectivity index (χ0n) is 17.5. The van der Waals surface area contributed by atoms with Crippen LogP contribution in [-0.2, 0) is 9.53 Å². The molecule has 0 amide bonds. The summed E-state index contributed by atoms with van der Waals surface area (Å²) in [6, 6.07) is 19.7. The van der Waals surface area contributed by atoms with Gasteiger partial charge in [-0.25, -0.2) is 4.79 Å². The van der Waals surface area contributed by atoms with Gasteiger partial charge >= 0.3 is 5.97 Å². The van der Waals surface area contributed by atoms with Gasteiger partial charge in [0.1, 0.15) is 0 Å². The standard InChI is InChI=1S/C26H25NO3/c1-18-6-4-5-7-23(18)24(17-25(28)22-14-15-27-19(2)16-22)21-11-8-20(9-12-21)10-13-26(29)30-3/h4-16,24H,17H2,1-3H3/b13-10+. The number of carbonyl (C=O) groups excluding carboxylic acids is 2. The van der Waals surface area contributed by atoms with Gasteiger partial charge in [0.2, 0.25) is 0 Å². The molecule has 0 N–H and O–H groups in total. The number of pyridine rings is 1. The Kier molecular flexibility index (Phi) is 6.91. The predicted octanol–water partition coefficient (Wildman–Crippen LogP) is 5.29. The molecule has 4 nitrogen and oxygen atoms in total. The van der Waals surface area contributed by atoms with Crippen molar-refractivity contribution in [3.63, 3.8) is 0 Å². The lowest BCUT2D eigenvalue weighted by Crippen LogP contribution is -2.11. The van der Waals surface area contributed by atoms with E-state index in [9.17, 15) is 9.59 Å². The van der Waals surface area contributed by atoms with Crippen LogP contribution in [0.15, 0.2) is 72.9 Å². The third-order valence-corrected chi connectivity index (χ3v) is 5.12. The van der Waals surface area contributed by atoms with Gasteiger partial charge in [0, 0.05) is 35.9 Å². The Morgan fingerprint density at radius 1 is 1.03 bits per heavy atom. The summed E-state index contributed by atoms with van der Waals surface area (Å²) >= 11 is 0. The van der Waals surface area contributed by atoms with E-state index in [4.69, 9.17) is 0 Å². The van der Waals surface area contributed by atoms with E-state index in [1.165, 1.54) is 13.2 Å². The molecule has 0 fully saturated rings. The zero-order valence-corrected chi connectivity index (χ0v) is 17.5. The first kappa shape index (κ1) is 21.2. The van der Waals surface area contributed by atoms with Crippen LogP contribution in [-0.4, -0.2) is 23.8 Å². The highest BCUT2D eigenvalue weighted by molar-refractivity contribution is 5.97. The van der Waals surface area contributed by atoms with E-state index in [0.717, 1.165) is 27.9 Å². The van der Waals surface area contributed by atoms with Crippen LogP contribution in [0.2, 0.25) is 0 Å². The lowest BCUT2D eigenvalue weighted by atomic mass is 9.83. The molecule has 0 saturated carbocycles. The maximum absolute atomic E-state index is 13.1. The van der Waals surface area contributed by atoms with Gasteiger partial charge in [-0.3, -0.25) is 9.78 Å². The fourth-order valence-electron chi connectivity index (χ4n) is 3.48. The summed E-state index contributed by atoms with van der Waals surface area (Å²) in [6.07, 6.45) is 5.14. The lowest BCUT2D eigenvalue weighted by molar-refractivity contribution is -0.134. The molecule has 30 heavy (non-hydrogen) atoms. The van der Waals surface area contributed by atoms with Crippen LogP contribution in [0.25, 0.3) is 6.08 Å². The number of carbonyl (C=O) groups is 2. The number of methoxy groups -OCH3 is 1. The second kappa shape index (κ2) is 9.79. The Bertz CT molecular complexity index is 1070. The number of nitrogens with zero attached hydrogens (tertiary/aromatic N) is 1. The van der Waals surface area contributed by atoms with Gasteiger partial charge in [-0.15, -0.1) is 0 Å². The number of rotatable bonds is 7. The molecule has 3 aromatic rings. The molecular weight excluding hydrogens is 374 g/mol. The maximum Gasteiger partial charge on any atom is 0.330 e. The van der Waals surface area contributed by atoms with Gasteiger partial charge < -0.3 is 4.74 Å². The Morgan fingerprint density at radius 2 is 1.77 bits per heavy atom. The molecule has 2 aromatic carbocycles. The molecule has 1 heterocycles. The Hall–Kier alpha value is -3.53. The molecule has 0 aliphatic carbocycles. The minimum Gasteiger partial charge on any atom is -0.466 e. The van der Waals surface area contributed by atoms with Crippen molar-refractivity contribution in [2.45, 2.75) is 26.2 Å². The number of Topliss-reactive ketones (excluding diaryl/α,β-unsaturated/α-hetero) is 1. The molecule has 1 aromatic heterocycles. The lowest BCUT2D eigenvalue weighted by Gasteiger charge is -2.20. The van der Waals surface area contributed by atoms with Crippen molar-refractivity contribution >= 4 is 17.8 Å². The molecular formula is C26H25NO3. The SMILES string of the molecule is COC(=O)/C=C/c1ccc(C(CC(=O)c2ccnc(C)c2)c2ccccc2C)cc1. The topological polar surface area (TPSA) is 56.3 Å². The molecule has 4 heteroatoms. The number of aryl methyl sites for hydroxylation is 2. The van der Waals surface area contributed by atoms with Crippen LogP contribution in [0.5, 0.6) is 0 Å². The van der Waals surface area contributed by atoms with Gasteiger partial charge in [-0.2, -0.15) is 0 Å². The quantitative estimate of drug-likeness (QED) is 0.308. The molecule has 1 unspecified atom stereocenters. The summed E-state index contributed by atoms with van der Waals surface area (Å²) < 4.78 is 4.63. The minimum atomic E-state index is -0.393. The summed E-state index contributed by atoms with van der Waals surface area (Å²) in [5.41, 5.74) is 5.74. The Labute approximate surface area is 177 Å². The van der Waals surface area contributed by atoms with Crippen molar-refractivity contribution in [3.05, 3.63) is 106 Å². The number of ether oxygens (including phenoxy) is 1. The van der Waals surface area contributed by atoms with Crippen LogP contribution >= 0.6 is 0 Å². The average Bonchev–Trinajstić information content (AvgIpc) is 2.76. The Morgan fingerprint density at radius 3 is 2.43 bits per heavy atom. The number of aromatic nitrogens is 1. The molecule has 0 aliphatic heterocycles. The predicted molar refractivity (Wildman–Crippen MR) is 118 cm³/mol. The van der Waals surface area contributed by atoms with Crippen LogP contribution < -0.4 is 0 Å². The van der Waals surface area contributed by atoms with Gasteiger partial charge in [0.25, 0.3) is 0 Å². The van der Waals surface area contributed by atoms with Crippen molar-refractivity contribution in [1.29, 1.82) is 0 Å². The van der Waals surface area contributed by atoms with Crippen molar-refractivity contribution in [2.75, 3.05) is 7.11 Å². The van der Waals surface area contributed by atoms with Crippen LogP contribution in [0, 0.1) is 13.8 Å². The van der Waals surface area contributed by atoms with E-state index in [1.54, 1.807) is 18.3 Å². The van der Waals surface area contributed by atoms with Gasteiger partial charge in [-0.05, 0) is 54.3 Å². The largest absolute Gasteiger partial charge is 0.466 e. The van der Waals surface area contributed by atoms with E-state index in [1.807, 2.05) is 49.4 Å². The first-order chi connectivity index (χ1) is 14.5. The van der Waals surface area contributed by atoms with E-state index in [2.05, 4.69) is 28.8 Å². The number of ketones is 1. The summed E-state index contributed by atoms with van der Waals surface area (Å²) in [6.45, 7) is 3.95. The van der Waals surface area contributed by atoms with Gasteiger partial charge in [0.05, 0.1) is 7.11 Å². The summed E-state index contributed by atoms with van der Waals surface area (Å²) in [5.74, 6) is -0.371. The second-order valence-electron chi connectivity index (χ2n) is 7.25. The fraction of sp³-hybridized carbons (Fsp3) is 0.192.